The van der Waals surface area contributed by atoms with Gasteiger partial charge in [-0.2, -0.15) is 0 Å². The monoisotopic (exact) mass is 234 g/mol. The van der Waals surface area contributed by atoms with Crippen LogP contribution >= 0.6 is 11.6 Å². The molecular weight excluding hydrogens is 224 g/mol. The highest BCUT2D eigenvalue weighted by molar-refractivity contribution is 6.28. The van der Waals surface area contributed by atoms with E-state index in [1.807, 2.05) is 31.2 Å². The summed E-state index contributed by atoms with van der Waals surface area (Å²) in [6, 6.07) is 7.62. The van der Waals surface area contributed by atoms with Crippen molar-refractivity contribution in [1.29, 1.82) is 0 Å². The van der Waals surface area contributed by atoms with E-state index in [2.05, 4.69) is 20.3 Å². The zero-order chi connectivity index (χ0) is 11.4. The third-order valence-corrected chi connectivity index (χ3v) is 2.17. The Morgan fingerprint density at radius 2 is 2.19 bits per heavy atom. The molecule has 0 amide bonds. The average molecular weight is 235 g/mol. The Morgan fingerprint density at radius 1 is 1.31 bits per heavy atom. The molecule has 0 fully saturated rings. The topological polar surface area (TPSA) is 50.7 Å². The molecule has 2 heterocycles. The third kappa shape index (κ3) is 2.90. The highest BCUT2D eigenvalue weighted by atomic mass is 35.5. The first kappa shape index (κ1) is 10.8. The van der Waals surface area contributed by atoms with Crippen molar-refractivity contribution >= 4 is 17.4 Å². The van der Waals surface area contributed by atoms with Crippen LogP contribution in [0.3, 0.4) is 0 Å². The molecule has 82 valence electrons. The van der Waals surface area contributed by atoms with E-state index in [0.29, 0.717) is 12.4 Å². The summed E-state index contributed by atoms with van der Waals surface area (Å²) in [6.07, 6.45) is 1.76. The van der Waals surface area contributed by atoms with Gasteiger partial charge in [-0.05, 0) is 30.7 Å². The summed E-state index contributed by atoms with van der Waals surface area (Å²) in [5, 5.41) is 3.40. The van der Waals surface area contributed by atoms with Crippen molar-refractivity contribution in [2.24, 2.45) is 0 Å². The van der Waals surface area contributed by atoms with E-state index in [1.165, 1.54) is 0 Å². The number of nitrogens with one attached hydrogen (secondary N) is 1. The second-order valence-corrected chi connectivity index (χ2v) is 3.68. The minimum Gasteiger partial charge on any atom is -0.364 e. The van der Waals surface area contributed by atoms with Crippen LogP contribution < -0.4 is 5.32 Å². The van der Waals surface area contributed by atoms with Crippen molar-refractivity contribution in [3.8, 4) is 0 Å². The third-order valence-electron chi connectivity index (χ3n) is 2.00. The maximum absolute atomic E-state index is 5.75. The van der Waals surface area contributed by atoms with Gasteiger partial charge in [-0.3, -0.25) is 4.98 Å². The van der Waals surface area contributed by atoms with E-state index in [-0.39, 0.29) is 5.28 Å². The second kappa shape index (κ2) is 4.90. The fraction of sp³-hybridized carbons (Fsp3) is 0.182. The predicted octanol–water partition coefficient (Wildman–Crippen LogP) is 2.45. The van der Waals surface area contributed by atoms with Crippen molar-refractivity contribution in [3.63, 3.8) is 0 Å². The molecule has 4 nitrogen and oxygen atoms in total. The molecule has 0 spiro atoms. The largest absolute Gasteiger partial charge is 0.364 e. The molecule has 0 aliphatic carbocycles. The van der Waals surface area contributed by atoms with Gasteiger partial charge >= 0.3 is 0 Å². The Hall–Kier alpha value is -1.68. The van der Waals surface area contributed by atoms with Gasteiger partial charge in [-0.15, -0.1) is 0 Å². The molecule has 2 aromatic rings. The zero-order valence-electron chi connectivity index (χ0n) is 8.81. The summed E-state index contributed by atoms with van der Waals surface area (Å²) in [6.45, 7) is 2.49. The minimum atomic E-state index is 0.253. The van der Waals surface area contributed by atoms with Crippen LogP contribution in [-0.4, -0.2) is 15.0 Å². The summed E-state index contributed by atoms with van der Waals surface area (Å²) in [4.78, 5) is 12.3. The molecule has 0 saturated heterocycles. The van der Waals surface area contributed by atoms with Gasteiger partial charge in [-0.1, -0.05) is 6.07 Å². The number of hydrogen-bond acceptors (Lipinski definition) is 4. The van der Waals surface area contributed by atoms with Crippen LogP contribution in [0.5, 0.6) is 0 Å². The van der Waals surface area contributed by atoms with Gasteiger partial charge in [0.05, 0.1) is 12.2 Å². The molecule has 0 unspecified atom stereocenters. The SMILES string of the molecule is Cc1cc(NCc2ccccn2)nc(Cl)n1. The van der Waals surface area contributed by atoms with Crippen LogP contribution in [0.15, 0.2) is 30.5 Å². The summed E-state index contributed by atoms with van der Waals surface area (Å²) in [5.74, 6) is 0.711. The Bertz CT molecular complexity index is 452. The van der Waals surface area contributed by atoms with Crippen molar-refractivity contribution in [3.05, 3.63) is 47.1 Å². The molecule has 0 radical (unpaired) electrons. The number of nitrogens with zero attached hydrogens (tertiary/aromatic N) is 3. The van der Waals surface area contributed by atoms with Gasteiger partial charge in [-0.25, -0.2) is 9.97 Å². The lowest BCUT2D eigenvalue weighted by Crippen LogP contribution is -2.04. The molecule has 0 saturated carbocycles. The van der Waals surface area contributed by atoms with Crippen LogP contribution in [0.25, 0.3) is 0 Å². The van der Waals surface area contributed by atoms with Crippen LogP contribution in [-0.2, 0) is 6.54 Å². The van der Waals surface area contributed by atoms with Crippen LogP contribution in [0, 0.1) is 6.92 Å². The maximum atomic E-state index is 5.75. The molecule has 16 heavy (non-hydrogen) atoms. The van der Waals surface area contributed by atoms with E-state index < -0.39 is 0 Å². The lowest BCUT2D eigenvalue weighted by Gasteiger charge is -2.05. The number of anilines is 1. The summed E-state index contributed by atoms with van der Waals surface area (Å²) >= 11 is 5.75. The molecule has 5 heteroatoms. The van der Waals surface area contributed by atoms with Gasteiger partial charge in [0.2, 0.25) is 5.28 Å². The zero-order valence-corrected chi connectivity index (χ0v) is 9.57. The lowest BCUT2D eigenvalue weighted by molar-refractivity contribution is 1.01. The minimum absolute atomic E-state index is 0.253. The molecule has 0 atom stereocenters. The smallest absolute Gasteiger partial charge is 0.224 e. The quantitative estimate of drug-likeness (QED) is 0.829. The summed E-state index contributed by atoms with van der Waals surface area (Å²) in [7, 11) is 0. The molecule has 0 bridgehead atoms. The van der Waals surface area contributed by atoms with E-state index >= 15 is 0 Å². The van der Waals surface area contributed by atoms with Crippen molar-refractivity contribution in [2.75, 3.05) is 5.32 Å². The van der Waals surface area contributed by atoms with E-state index in [9.17, 15) is 0 Å². The summed E-state index contributed by atoms with van der Waals surface area (Å²) in [5.41, 5.74) is 1.79. The standard InChI is InChI=1S/C11H11ClN4/c1-8-6-10(16-11(12)15-8)14-7-9-4-2-3-5-13-9/h2-6H,7H2,1H3,(H,14,15,16). The normalized spacial score (nSPS) is 10.1. The second-order valence-electron chi connectivity index (χ2n) is 3.34. The molecule has 0 aliphatic heterocycles. The fourth-order valence-electron chi connectivity index (χ4n) is 1.31. The highest BCUT2D eigenvalue weighted by Gasteiger charge is 1.99. The van der Waals surface area contributed by atoms with Crippen molar-refractivity contribution in [2.45, 2.75) is 13.5 Å². The lowest BCUT2D eigenvalue weighted by atomic mass is 10.3. The Balaban J connectivity index is 2.05. The van der Waals surface area contributed by atoms with Gasteiger partial charge in [0.25, 0.3) is 0 Å². The van der Waals surface area contributed by atoms with Gasteiger partial charge in [0, 0.05) is 18.0 Å². The van der Waals surface area contributed by atoms with Gasteiger partial charge in [0.15, 0.2) is 0 Å². The number of hydrogen-bond donors (Lipinski definition) is 1. The molecule has 0 aliphatic rings. The number of rotatable bonds is 3. The van der Waals surface area contributed by atoms with Crippen LogP contribution in [0.1, 0.15) is 11.4 Å². The van der Waals surface area contributed by atoms with Crippen molar-refractivity contribution < 1.29 is 0 Å². The Labute approximate surface area is 98.7 Å². The van der Waals surface area contributed by atoms with Gasteiger partial charge < -0.3 is 5.32 Å². The number of pyridine rings is 1. The van der Waals surface area contributed by atoms with Crippen LogP contribution in [0.4, 0.5) is 5.82 Å². The van der Waals surface area contributed by atoms with E-state index in [0.717, 1.165) is 11.4 Å². The van der Waals surface area contributed by atoms with E-state index in [1.54, 1.807) is 6.20 Å². The Morgan fingerprint density at radius 3 is 2.88 bits per heavy atom. The molecule has 2 rings (SSSR count). The maximum Gasteiger partial charge on any atom is 0.224 e. The first-order valence-electron chi connectivity index (χ1n) is 4.89. The van der Waals surface area contributed by atoms with Crippen molar-refractivity contribution in [1.82, 2.24) is 15.0 Å². The predicted molar refractivity (Wildman–Crippen MR) is 63.3 cm³/mol. The highest BCUT2D eigenvalue weighted by Crippen LogP contribution is 2.10. The molecule has 0 aromatic carbocycles. The average Bonchev–Trinajstić information content (AvgIpc) is 2.27. The first-order chi connectivity index (χ1) is 7.74. The number of halogens is 1. The van der Waals surface area contributed by atoms with Gasteiger partial charge in [0.1, 0.15) is 5.82 Å². The van der Waals surface area contributed by atoms with Crippen LogP contribution in [0.2, 0.25) is 5.28 Å². The number of aryl methyl sites for hydroxylation is 1. The molecule has 2 aromatic heterocycles. The molecule has 1 N–H and O–H groups in total. The fourth-order valence-corrected chi connectivity index (χ4v) is 1.53. The number of aromatic nitrogens is 3. The first-order valence-corrected chi connectivity index (χ1v) is 5.27. The Kier molecular flexibility index (Phi) is 3.31. The summed E-state index contributed by atoms with van der Waals surface area (Å²) < 4.78 is 0. The molecular formula is C11H11ClN4. The van der Waals surface area contributed by atoms with E-state index in [4.69, 9.17) is 11.6 Å².